The number of hydrogen-bond donors (Lipinski definition) is 2. The Labute approximate surface area is 93.2 Å². The van der Waals surface area contributed by atoms with Gasteiger partial charge in [-0.05, 0) is 31.2 Å². The Hall–Kier alpha value is -0.380. The van der Waals surface area contributed by atoms with Gasteiger partial charge in [0.2, 0.25) is 0 Å². The fourth-order valence-corrected chi connectivity index (χ4v) is 2.90. The Kier molecular flexibility index (Phi) is 3.21. The van der Waals surface area contributed by atoms with Crippen molar-refractivity contribution in [3.63, 3.8) is 0 Å². The number of fused-ring (bicyclic) bond motifs is 1. The van der Waals surface area contributed by atoms with Crippen LogP contribution in [-0.2, 0) is 0 Å². The average Bonchev–Trinajstić information content (AvgIpc) is 2.19. The molecular formula is C10H13ClN2S. The van der Waals surface area contributed by atoms with Crippen LogP contribution in [0.3, 0.4) is 0 Å². The summed E-state index contributed by atoms with van der Waals surface area (Å²) in [5.41, 5.74) is 6.72. The van der Waals surface area contributed by atoms with Crippen molar-refractivity contribution in [1.29, 1.82) is 0 Å². The van der Waals surface area contributed by atoms with Gasteiger partial charge in [0.15, 0.2) is 0 Å². The molecule has 0 saturated carbocycles. The van der Waals surface area contributed by atoms with Crippen molar-refractivity contribution in [3.8, 4) is 0 Å². The molecule has 2 rings (SSSR count). The van der Waals surface area contributed by atoms with E-state index in [9.17, 15) is 0 Å². The number of nitrogens with two attached hydrogens (primary N) is 1. The second kappa shape index (κ2) is 4.43. The quantitative estimate of drug-likeness (QED) is 0.817. The highest BCUT2D eigenvalue weighted by molar-refractivity contribution is 7.99. The predicted molar refractivity (Wildman–Crippen MR) is 63.3 cm³/mol. The van der Waals surface area contributed by atoms with Crippen molar-refractivity contribution < 1.29 is 0 Å². The van der Waals surface area contributed by atoms with Crippen LogP contribution in [0.1, 0.15) is 6.42 Å². The second-order valence-electron chi connectivity index (χ2n) is 3.37. The van der Waals surface area contributed by atoms with Crippen LogP contribution >= 0.6 is 23.4 Å². The minimum atomic E-state index is 0.499. The molecule has 3 N–H and O–H groups in total. The van der Waals surface area contributed by atoms with Crippen LogP contribution < -0.4 is 11.1 Å². The zero-order valence-electron chi connectivity index (χ0n) is 7.79. The first-order valence-electron chi connectivity index (χ1n) is 4.68. The summed E-state index contributed by atoms with van der Waals surface area (Å²) in [6.07, 6.45) is 1.02. The number of rotatable bonds is 2. The number of anilines is 1. The molecule has 0 spiro atoms. The minimum absolute atomic E-state index is 0.499. The third-order valence-electron chi connectivity index (χ3n) is 2.26. The zero-order chi connectivity index (χ0) is 9.97. The van der Waals surface area contributed by atoms with Gasteiger partial charge in [-0.25, -0.2) is 0 Å². The molecule has 1 aliphatic rings. The van der Waals surface area contributed by atoms with Gasteiger partial charge in [0.25, 0.3) is 0 Å². The maximum Gasteiger partial charge on any atom is 0.0481 e. The lowest BCUT2D eigenvalue weighted by Gasteiger charge is -2.26. The molecule has 0 saturated heterocycles. The molecule has 1 unspecified atom stereocenters. The molecule has 14 heavy (non-hydrogen) atoms. The van der Waals surface area contributed by atoms with Crippen LogP contribution in [0.5, 0.6) is 0 Å². The number of hydrogen-bond acceptors (Lipinski definition) is 3. The van der Waals surface area contributed by atoms with Gasteiger partial charge < -0.3 is 11.1 Å². The smallest absolute Gasteiger partial charge is 0.0481 e. The van der Waals surface area contributed by atoms with E-state index in [1.165, 1.54) is 10.6 Å². The summed E-state index contributed by atoms with van der Waals surface area (Å²) in [5.74, 6) is 1.07. The van der Waals surface area contributed by atoms with Crippen molar-refractivity contribution in [2.75, 3.05) is 17.6 Å². The normalized spacial score (nSPS) is 20.0. The van der Waals surface area contributed by atoms with E-state index in [0.717, 1.165) is 23.7 Å². The molecule has 1 aromatic carbocycles. The van der Waals surface area contributed by atoms with Gasteiger partial charge in [-0.15, -0.1) is 11.8 Å². The molecule has 4 heteroatoms. The van der Waals surface area contributed by atoms with Crippen molar-refractivity contribution in [3.05, 3.63) is 23.2 Å². The minimum Gasteiger partial charge on any atom is -0.381 e. The second-order valence-corrected chi connectivity index (χ2v) is 4.87. The van der Waals surface area contributed by atoms with Crippen LogP contribution in [0.25, 0.3) is 0 Å². The summed E-state index contributed by atoms with van der Waals surface area (Å²) >= 11 is 7.76. The molecule has 2 nitrogen and oxygen atoms in total. The first-order valence-corrected chi connectivity index (χ1v) is 6.05. The lowest BCUT2D eigenvalue weighted by atomic mass is 10.2. The van der Waals surface area contributed by atoms with E-state index in [1.807, 2.05) is 30.0 Å². The summed E-state index contributed by atoms with van der Waals surface area (Å²) in [6, 6.07) is 6.46. The Morgan fingerprint density at radius 2 is 2.43 bits per heavy atom. The van der Waals surface area contributed by atoms with Crippen LogP contribution in [0, 0.1) is 0 Å². The Morgan fingerprint density at radius 3 is 3.21 bits per heavy atom. The fraction of sp³-hybridized carbons (Fsp3) is 0.400. The molecule has 76 valence electrons. The largest absolute Gasteiger partial charge is 0.381 e. The Bertz CT molecular complexity index is 330. The highest BCUT2D eigenvalue weighted by Gasteiger charge is 2.17. The van der Waals surface area contributed by atoms with Crippen molar-refractivity contribution in [2.24, 2.45) is 5.73 Å². The number of halogens is 1. The van der Waals surface area contributed by atoms with E-state index in [4.69, 9.17) is 17.3 Å². The molecule has 0 amide bonds. The molecule has 1 aliphatic heterocycles. The lowest BCUT2D eigenvalue weighted by molar-refractivity contribution is 0.718. The van der Waals surface area contributed by atoms with E-state index in [1.54, 1.807) is 0 Å². The predicted octanol–water partition coefficient (Wildman–Crippen LogP) is 2.58. The standard InChI is InChI=1S/C10H13ClN2S/c11-7-1-2-9-10(5-7)14-6-8(13-9)3-4-12/h1-2,5,8,13H,3-4,6,12H2. The van der Waals surface area contributed by atoms with Crippen LogP contribution in [0.4, 0.5) is 5.69 Å². The van der Waals surface area contributed by atoms with E-state index in [0.29, 0.717) is 6.04 Å². The van der Waals surface area contributed by atoms with E-state index >= 15 is 0 Å². The van der Waals surface area contributed by atoms with Gasteiger partial charge in [0.05, 0.1) is 0 Å². The van der Waals surface area contributed by atoms with E-state index in [-0.39, 0.29) is 0 Å². The van der Waals surface area contributed by atoms with E-state index in [2.05, 4.69) is 5.32 Å². The SMILES string of the molecule is NCCC1CSc2cc(Cl)ccc2N1. The lowest BCUT2D eigenvalue weighted by Crippen LogP contribution is -2.28. The number of benzene rings is 1. The van der Waals surface area contributed by atoms with Gasteiger partial charge in [-0.1, -0.05) is 11.6 Å². The van der Waals surface area contributed by atoms with Crippen molar-refractivity contribution in [1.82, 2.24) is 0 Å². The third-order valence-corrected chi connectivity index (χ3v) is 3.71. The number of thioether (sulfide) groups is 1. The summed E-state index contributed by atoms with van der Waals surface area (Å²) < 4.78 is 0. The first-order chi connectivity index (χ1) is 6.79. The van der Waals surface area contributed by atoms with Gasteiger partial charge in [0, 0.05) is 27.4 Å². The molecule has 0 aliphatic carbocycles. The maximum atomic E-state index is 5.91. The number of nitrogens with one attached hydrogen (secondary N) is 1. The van der Waals surface area contributed by atoms with Crippen LogP contribution in [-0.4, -0.2) is 18.3 Å². The van der Waals surface area contributed by atoms with E-state index < -0.39 is 0 Å². The third kappa shape index (κ3) is 2.16. The van der Waals surface area contributed by atoms with Gasteiger partial charge in [-0.2, -0.15) is 0 Å². The highest BCUT2D eigenvalue weighted by atomic mass is 35.5. The van der Waals surface area contributed by atoms with Gasteiger partial charge >= 0.3 is 0 Å². The van der Waals surface area contributed by atoms with Crippen LogP contribution in [0.2, 0.25) is 5.02 Å². The Morgan fingerprint density at radius 1 is 1.57 bits per heavy atom. The van der Waals surface area contributed by atoms with Crippen LogP contribution in [0.15, 0.2) is 23.1 Å². The Balaban J connectivity index is 2.15. The molecule has 1 aromatic rings. The highest BCUT2D eigenvalue weighted by Crippen LogP contribution is 2.35. The molecule has 0 radical (unpaired) electrons. The molecule has 0 bridgehead atoms. The fourth-order valence-electron chi connectivity index (χ4n) is 1.54. The monoisotopic (exact) mass is 228 g/mol. The van der Waals surface area contributed by atoms with Crippen molar-refractivity contribution in [2.45, 2.75) is 17.4 Å². The van der Waals surface area contributed by atoms with Crippen molar-refractivity contribution >= 4 is 29.1 Å². The molecule has 0 aromatic heterocycles. The zero-order valence-corrected chi connectivity index (χ0v) is 9.37. The summed E-state index contributed by atoms with van der Waals surface area (Å²) in [5, 5.41) is 4.27. The average molecular weight is 229 g/mol. The topological polar surface area (TPSA) is 38.0 Å². The molecule has 1 atom stereocenters. The summed E-state index contributed by atoms with van der Waals surface area (Å²) in [7, 11) is 0. The van der Waals surface area contributed by atoms with Gasteiger partial charge in [0.1, 0.15) is 0 Å². The summed E-state index contributed by atoms with van der Waals surface area (Å²) in [6.45, 7) is 0.737. The molecule has 0 fully saturated rings. The molecular weight excluding hydrogens is 216 g/mol. The summed E-state index contributed by atoms with van der Waals surface area (Å²) in [4.78, 5) is 1.24. The first kappa shape index (κ1) is 10.1. The molecule has 1 heterocycles. The maximum absolute atomic E-state index is 5.91. The van der Waals surface area contributed by atoms with Gasteiger partial charge in [-0.3, -0.25) is 0 Å².